The van der Waals surface area contributed by atoms with E-state index in [1.54, 1.807) is 0 Å². The second-order valence-electron chi connectivity index (χ2n) is 17.2. The van der Waals surface area contributed by atoms with E-state index in [-0.39, 0.29) is 0 Å². The number of para-hydroxylation sites is 3. The van der Waals surface area contributed by atoms with E-state index in [1.165, 1.54) is 87.1 Å². The van der Waals surface area contributed by atoms with Crippen molar-refractivity contribution >= 4 is 86.8 Å². The van der Waals surface area contributed by atoms with Crippen LogP contribution in [0, 0.1) is 0 Å². The van der Waals surface area contributed by atoms with Crippen LogP contribution < -0.4 is 0 Å². The molecule has 0 bridgehead atoms. The Balaban J connectivity index is 1.08. The van der Waals surface area contributed by atoms with Crippen LogP contribution in [0.25, 0.3) is 132 Å². The zero-order valence-electron chi connectivity index (χ0n) is 35.7. The molecule has 306 valence electrons. The Morgan fingerprint density at radius 2 is 0.667 bits per heavy atom. The molecule has 0 unspecified atom stereocenters. The molecule has 0 atom stereocenters. The molecular formula is C62H38N4. The minimum absolute atomic E-state index is 0.721. The molecule has 0 spiro atoms. The van der Waals surface area contributed by atoms with E-state index in [9.17, 15) is 0 Å². The zero-order valence-corrected chi connectivity index (χ0v) is 35.7. The largest absolute Gasteiger partial charge is 0.309 e. The summed E-state index contributed by atoms with van der Waals surface area (Å²) in [6, 6.07) is 83.3. The van der Waals surface area contributed by atoms with Crippen LogP contribution in [0.3, 0.4) is 0 Å². The molecule has 0 fully saturated rings. The number of hydrogen-bond acceptors (Lipinski definition) is 2. The van der Waals surface area contributed by atoms with Gasteiger partial charge in [-0.05, 0) is 69.8 Å². The molecule has 3 aromatic heterocycles. The molecule has 0 aliphatic carbocycles. The average molecular weight is 839 g/mol. The van der Waals surface area contributed by atoms with Gasteiger partial charge in [-0.1, -0.05) is 188 Å². The predicted molar refractivity (Wildman–Crippen MR) is 277 cm³/mol. The second-order valence-corrected chi connectivity index (χ2v) is 17.2. The number of aromatic nitrogens is 4. The van der Waals surface area contributed by atoms with Crippen LogP contribution >= 0.6 is 0 Å². The molecule has 66 heavy (non-hydrogen) atoms. The lowest BCUT2D eigenvalue weighted by Gasteiger charge is -2.17. The molecule has 0 saturated carbocycles. The first-order valence-electron chi connectivity index (χ1n) is 22.6. The fraction of sp³-hybridized carbons (Fsp3) is 0. The Bertz CT molecular complexity index is 4240. The third-order valence-corrected chi connectivity index (χ3v) is 13.7. The highest BCUT2D eigenvalue weighted by Crippen LogP contribution is 2.50. The van der Waals surface area contributed by atoms with Crippen molar-refractivity contribution in [2.24, 2.45) is 0 Å². The molecule has 0 aliphatic heterocycles. The van der Waals surface area contributed by atoms with Gasteiger partial charge >= 0.3 is 0 Å². The van der Waals surface area contributed by atoms with Crippen LogP contribution in [0.4, 0.5) is 0 Å². The summed E-state index contributed by atoms with van der Waals surface area (Å²) in [6.07, 6.45) is 0. The molecule has 3 heterocycles. The highest BCUT2D eigenvalue weighted by atomic mass is 15.0. The Hall–Kier alpha value is -8.86. The third kappa shape index (κ3) is 5.33. The quantitative estimate of drug-likeness (QED) is 0.162. The lowest BCUT2D eigenvalue weighted by atomic mass is 9.89. The van der Waals surface area contributed by atoms with Crippen molar-refractivity contribution in [1.29, 1.82) is 0 Å². The topological polar surface area (TPSA) is 35.6 Å². The summed E-state index contributed by atoms with van der Waals surface area (Å²) in [6.45, 7) is 0. The number of nitrogens with zero attached hydrogens (tertiary/aromatic N) is 4. The van der Waals surface area contributed by atoms with Crippen molar-refractivity contribution in [3.8, 4) is 45.1 Å². The molecule has 0 aliphatic rings. The third-order valence-electron chi connectivity index (χ3n) is 13.7. The molecule has 0 radical (unpaired) electrons. The fourth-order valence-corrected chi connectivity index (χ4v) is 10.9. The van der Waals surface area contributed by atoms with Gasteiger partial charge in [-0.15, -0.1) is 0 Å². The van der Waals surface area contributed by atoms with Crippen molar-refractivity contribution in [2.45, 2.75) is 0 Å². The molecule has 4 heteroatoms. The zero-order chi connectivity index (χ0) is 43.3. The van der Waals surface area contributed by atoms with Crippen molar-refractivity contribution in [1.82, 2.24) is 19.1 Å². The van der Waals surface area contributed by atoms with Gasteiger partial charge in [0.2, 0.25) is 0 Å². The summed E-state index contributed by atoms with van der Waals surface area (Å²) in [5, 5.41) is 13.5. The summed E-state index contributed by atoms with van der Waals surface area (Å²) < 4.78 is 4.99. The fourth-order valence-electron chi connectivity index (χ4n) is 10.9. The monoisotopic (exact) mass is 838 g/mol. The Morgan fingerprint density at radius 3 is 1.21 bits per heavy atom. The Morgan fingerprint density at radius 1 is 0.258 bits per heavy atom. The number of fused-ring (bicyclic) bond motifs is 16. The van der Waals surface area contributed by atoms with Crippen LogP contribution in [0.1, 0.15) is 0 Å². The van der Waals surface area contributed by atoms with Crippen LogP contribution in [-0.2, 0) is 0 Å². The van der Waals surface area contributed by atoms with E-state index in [0.29, 0.717) is 0 Å². The average Bonchev–Trinajstić information content (AvgIpc) is 3.93. The van der Waals surface area contributed by atoms with Crippen LogP contribution in [0.2, 0.25) is 0 Å². The number of benzene rings is 11. The highest BCUT2D eigenvalue weighted by Gasteiger charge is 2.26. The van der Waals surface area contributed by atoms with E-state index >= 15 is 0 Å². The van der Waals surface area contributed by atoms with Crippen molar-refractivity contribution < 1.29 is 0 Å². The van der Waals surface area contributed by atoms with Gasteiger partial charge in [0.1, 0.15) is 0 Å². The molecule has 4 nitrogen and oxygen atoms in total. The van der Waals surface area contributed by atoms with Gasteiger partial charge in [0.25, 0.3) is 0 Å². The SMILES string of the molecule is c1ccc(-c2ccc(-n3c4ccccc4c4c5c(c6ccccc6c43)c3ccccc3c3c5c4ccccc4n3-c3ccc(-c4nc(-c5ccccc5)nc5ccccc45)cc3)cc2)cc1. The van der Waals surface area contributed by atoms with Crippen molar-refractivity contribution in [2.75, 3.05) is 0 Å². The first-order chi connectivity index (χ1) is 32.8. The van der Waals surface area contributed by atoms with Gasteiger partial charge in [0.05, 0.1) is 33.3 Å². The standard InChI is InChI=1S/C62H38N4/c1-3-17-39(18-4-1)40-31-35-43(36-32-40)65-53-29-15-12-26-50(53)56-58-55(45-21-7-9-23-47(45)60(56)65)46-22-8-10-24-48(46)61-57(58)51-27-13-16-30-54(51)66(61)44-37-33-41(34-38-44)59-49-25-11-14-28-52(49)63-62(64-59)42-19-5-2-6-20-42/h1-38H. The minimum Gasteiger partial charge on any atom is -0.309 e. The first kappa shape index (κ1) is 36.6. The van der Waals surface area contributed by atoms with Gasteiger partial charge < -0.3 is 9.13 Å². The molecule has 11 aromatic carbocycles. The maximum atomic E-state index is 5.21. The molecule has 0 saturated heterocycles. The van der Waals surface area contributed by atoms with E-state index in [1.807, 2.05) is 24.3 Å². The van der Waals surface area contributed by atoms with Gasteiger partial charge in [-0.25, -0.2) is 9.97 Å². The van der Waals surface area contributed by atoms with Gasteiger partial charge in [0, 0.05) is 65.6 Å². The second kappa shape index (κ2) is 14.3. The molecule has 14 aromatic rings. The van der Waals surface area contributed by atoms with E-state index in [4.69, 9.17) is 9.97 Å². The summed E-state index contributed by atoms with van der Waals surface area (Å²) in [4.78, 5) is 10.2. The smallest absolute Gasteiger partial charge is 0.160 e. The minimum atomic E-state index is 0.721. The van der Waals surface area contributed by atoms with Crippen LogP contribution in [0.15, 0.2) is 231 Å². The van der Waals surface area contributed by atoms with Crippen molar-refractivity contribution in [3.63, 3.8) is 0 Å². The summed E-state index contributed by atoms with van der Waals surface area (Å²) in [5.41, 5.74) is 13.3. The van der Waals surface area contributed by atoms with E-state index in [0.717, 1.165) is 44.9 Å². The normalized spacial score (nSPS) is 11.9. The van der Waals surface area contributed by atoms with E-state index in [2.05, 4.69) is 215 Å². The van der Waals surface area contributed by atoms with Gasteiger partial charge in [-0.3, -0.25) is 0 Å². The van der Waals surface area contributed by atoms with Gasteiger partial charge in [-0.2, -0.15) is 0 Å². The van der Waals surface area contributed by atoms with Crippen molar-refractivity contribution in [3.05, 3.63) is 231 Å². The molecular weight excluding hydrogens is 801 g/mol. The summed E-state index contributed by atoms with van der Waals surface area (Å²) in [7, 11) is 0. The Kier molecular flexibility index (Phi) is 7.95. The lowest BCUT2D eigenvalue weighted by molar-refractivity contribution is 1.18. The summed E-state index contributed by atoms with van der Waals surface area (Å²) in [5.74, 6) is 0.721. The Labute approximate surface area is 379 Å². The molecule has 14 rings (SSSR count). The number of hydrogen-bond donors (Lipinski definition) is 0. The maximum Gasteiger partial charge on any atom is 0.160 e. The molecule has 0 amide bonds. The summed E-state index contributed by atoms with van der Waals surface area (Å²) >= 11 is 0. The van der Waals surface area contributed by atoms with Gasteiger partial charge in [0.15, 0.2) is 5.82 Å². The number of rotatable bonds is 5. The maximum absolute atomic E-state index is 5.21. The lowest BCUT2D eigenvalue weighted by Crippen LogP contribution is -1.97. The highest BCUT2D eigenvalue weighted by molar-refractivity contribution is 6.45. The first-order valence-corrected chi connectivity index (χ1v) is 22.6. The van der Waals surface area contributed by atoms with Crippen LogP contribution in [-0.4, -0.2) is 19.1 Å². The predicted octanol–water partition coefficient (Wildman–Crippen LogP) is 16.3. The van der Waals surface area contributed by atoms with E-state index < -0.39 is 0 Å². The van der Waals surface area contributed by atoms with Crippen LogP contribution in [0.5, 0.6) is 0 Å². The molecule has 0 N–H and O–H groups in total.